The minimum absolute atomic E-state index is 0.0272. The molecule has 0 aromatic heterocycles. The molecule has 0 saturated heterocycles. The van der Waals surface area contributed by atoms with Gasteiger partial charge in [-0.3, -0.25) is 0 Å². The van der Waals surface area contributed by atoms with Crippen molar-refractivity contribution in [2.45, 2.75) is 64.5 Å². The fourth-order valence-electron chi connectivity index (χ4n) is 3.44. The Hall–Kier alpha value is -1.09. The fourth-order valence-corrected chi connectivity index (χ4v) is 3.44. The minimum atomic E-state index is -0.118. The van der Waals surface area contributed by atoms with E-state index in [1.807, 2.05) is 12.1 Å². The Morgan fingerprint density at radius 2 is 2.14 bits per heavy atom. The molecule has 1 fully saturated rings. The summed E-state index contributed by atoms with van der Waals surface area (Å²) in [6, 6.07) is 5.96. The Balaban J connectivity index is 2.23. The quantitative estimate of drug-likeness (QED) is 0.884. The second kappa shape index (κ2) is 7.26. The summed E-state index contributed by atoms with van der Waals surface area (Å²) in [4.78, 5) is 2.29. The number of rotatable bonds is 5. The number of hydrogen-bond acceptors (Lipinski definition) is 2. The lowest BCUT2D eigenvalue weighted by molar-refractivity contribution is 0.336. The zero-order valence-corrected chi connectivity index (χ0v) is 13.6. The standard InChI is InChI=1S/C18H29FN2/c1-4-14(20)12-16-17(19)9-6-10-18(16)21(3)15-8-5-7-13(2)11-15/h6,9-10,13-15H,4-5,7-8,11-12,20H2,1-3H3. The Morgan fingerprint density at radius 1 is 1.38 bits per heavy atom. The molecular weight excluding hydrogens is 263 g/mol. The van der Waals surface area contributed by atoms with Crippen LogP contribution in [0.2, 0.25) is 0 Å². The van der Waals surface area contributed by atoms with Gasteiger partial charge in [0.15, 0.2) is 0 Å². The Kier molecular flexibility index (Phi) is 5.63. The number of nitrogens with zero attached hydrogens (tertiary/aromatic N) is 1. The molecule has 0 heterocycles. The van der Waals surface area contributed by atoms with Crippen LogP contribution in [0.25, 0.3) is 0 Å². The van der Waals surface area contributed by atoms with Gasteiger partial charge in [0, 0.05) is 30.4 Å². The minimum Gasteiger partial charge on any atom is -0.371 e. The lowest BCUT2D eigenvalue weighted by Crippen LogP contribution is -2.36. The number of nitrogens with two attached hydrogens (primary N) is 1. The van der Waals surface area contributed by atoms with E-state index in [9.17, 15) is 4.39 Å². The molecule has 3 unspecified atom stereocenters. The van der Waals surface area contributed by atoms with Crippen LogP contribution in [0.3, 0.4) is 0 Å². The maximum Gasteiger partial charge on any atom is 0.128 e. The van der Waals surface area contributed by atoms with Gasteiger partial charge in [-0.1, -0.05) is 32.8 Å². The molecule has 1 saturated carbocycles. The second-order valence-electron chi connectivity index (χ2n) is 6.65. The molecule has 1 aliphatic carbocycles. The number of anilines is 1. The maximum absolute atomic E-state index is 14.3. The first-order chi connectivity index (χ1) is 10.0. The van der Waals surface area contributed by atoms with E-state index in [0.717, 1.165) is 23.6 Å². The van der Waals surface area contributed by atoms with Crippen molar-refractivity contribution >= 4 is 5.69 Å². The number of halogens is 1. The van der Waals surface area contributed by atoms with Gasteiger partial charge in [-0.05, 0) is 43.7 Å². The molecule has 2 nitrogen and oxygen atoms in total. The summed E-state index contributed by atoms with van der Waals surface area (Å²) < 4.78 is 14.3. The zero-order chi connectivity index (χ0) is 15.4. The van der Waals surface area contributed by atoms with Gasteiger partial charge in [-0.15, -0.1) is 0 Å². The van der Waals surface area contributed by atoms with E-state index < -0.39 is 0 Å². The molecule has 0 amide bonds. The van der Waals surface area contributed by atoms with Crippen LogP contribution in [0.15, 0.2) is 18.2 Å². The summed E-state index contributed by atoms with van der Waals surface area (Å²) >= 11 is 0. The van der Waals surface area contributed by atoms with Crippen molar-refractivity contribution in [3.05, 3.63) is 29.6 Å². The van der Waals surface area contributed by atoms with Crippen molar-refractivity contribution < 1.29 is 4.39 Å². The molecule has 21 heavy (non-hydrogen) atoms. The summed E-state index contributed by atoms with van der Waals surface area (Å²) in [5.74, 6) is 0.646. The molecule has 0 aliphatic heterocycles. The third-order valence-corrected chi connectivity index (χ3v) is 4.92. The van der Waals surface area contributed by atoms with Gasteiger partial charge in [0.2, 0.25) is 0 Å². The molecule has 1 aliphatic rings. The summed E-state index contributed by atoms with van der Waals surface area (Å²) in [6.07, 6.45) is 6.49. The van der Waals surface area contributed by atoms with E-state index in [4.69, 9.17) is 5.73 Å². The third kappa shape index (κ3) is 3.97. The average molecular weight is 292 g/mol. The Labute approximate surface area is 128 Å². The largest absolute Gasteiger partial charge is 0.371 e. The van der Waals surface area contributed by atoms with Crippen LogP contribution < -0.4 is 10.6 Å². The van der Waals surface area contributed by atoms with Crippen LogP contribution in [-0.2, 0) is 6.42 Å². The number of benzene rings is 1. The second-order valence-corrected chi connectivity index (χ2v) is 6.65. The zero-order valence-electron chi connectivity index (χ0n) is 13.6. The Bertz CT molecular complexity index is 461. The van der Waals surface area contributed by atoms with Crippen molar-refractivity contribution in [2.24, 2.45) is 11.7 Å². The first-order valence-corrected chi connectivity index (χ1v) is 8.28. The van der Waals surface area contributed by atoms with Crippen molar-refractivity contribution in [3.8, 4) is 0 Å². The smallest absolute Gasteiger partial charge is 0.128 e. The van der Waals surface area contributed by atoms with Crippen LogP contribution in [0.5, 0.6) is 0 Å². The molecule has 3 heteroatoms. The number of hydrogen-bond donors (Lipinski definition) is 1. The first-order valence-electron chi connectivity index (χ1n) is 8.28. The van der Waals surface area contributed by atoms with Crippen molar-refractivity contribution in [1.82, 2.24) is 0 Å². The van der Waals surface area contributed by atoms with Crippen molar-refractivity contribution in [2.75, 3.05) is 11.9 Å². The summed E-state index contributed by atoms with van der Waals surface area (Å²) in [6.45, 7) is 4.37. The van der Waals surface area contributed by atoms with Crippen LogP contribution >= 0.6 is 0 Å². The van der Waals surface area contributed by atoms with E-state index in [-0.39, 0.29) is 11.9 Å². The van der Waals surface area contributed by atoms with Crippen LogP contribution in [0.4, 0.5) is 10.1 Å². The van der Waals surface area contributed by atoms with Gasteiger partial charge in [0.1, 0.15) is 5.82 Å². The lowest BCUT2D eigenvalue weighted by Gasteiger charge is -2.37. The molecule has 3 atom stereocenters. The van der Waals surface area contributed by atoms with E-state index in [2.05, 4.69) is 25.8 Å². The van der Waals surface area contributed by atoms with Gasteiger partial charge in [-0.25, -0.2) is 4.39 Å². The normalized spacial score (nSPS) is 23.9. The van der Waals surface area contributed by atoms with Crippen molar-refractivity contribution in [1.29, 1.82) is 0 Å². The molecule has 0 radical (unpaired) electrons. The summed E-state index contributed by atoms with van der Waals surface area (Å²) in [5, 5.41) is 0. The SMILES string of the molecule is CCC(N)Cc1c(F)cccc1N(C)C1CCCC(C)C1. The average Bonchev–Trinajstić information content (AvgIpc) is 2.48. The van der Waals surface area contributed by atoms with E-state index in [0.29, 0.717) is 12.5 Å². The molecule has 2 rings (SSSR count). The van der Waals surface area contributed by atoms with Crippen molar-refractivity contribution in [3.63, 3.8) is 0 Å². The molecule has 1 aromatic carbocycles. The van der Waals surface area contributed by atoms with Gasteiger partial charge >= 0.3 is 0 Å². The maximum atomic E-state index is 14.3. The van der Waals surface area contributed by atoms with E-state index >= 15 is 0 Å². The predicted octanol–water partition coefficient (Wildman–Crippen LogP) is 4.12. The van der Waals surface area contributed by atoms with Gasteiger partial charge in [-0.2, -0.15) is 0 Å². The third-order valence-electron chi connectivity index (χ3n) is 4.92. The van der Waals surface area contributed by atoms with Gasteiger partial charge < -0.3 is 10.6 Å². The molecule has 1 aromatic rings. The fraction of sp³-hybridized carbons (Fsp3) is 0.667. The highest BCUT2D eigenvalue weighted by atomic mass is 19.1. The molecule has 0 bridgehead atoms. The van der Waals surface area contributed by atoms with E-state index in [1.54, 1.807) is 6.07 Å². The molecule has 118 valence electrons. The highest BCUT2D eigenvalue weighted by Crippen LogP contribution is 2.32. The lowest BCUT2D eigenvalue weighted by atomic mass is 9.86. The van der Waals surface area contributed by atoms with Crippen LogP contribution in [0.1, 0.15) is 51.5 Å². The monoisotopic (exact) mass is 292 g/mol. The highest BCUT2D eigenvalue weighted by molar-refractivity contribution is 5.55. The van der Waals surface area contributed by atoms with Gasteiger partial charge in [0.25, 0.3) is 0 Å². The first kappa shape index (κ1) is 16.3. The van der Waals surface area contributed by atoms with E-state index in [1.165, 1.54) is 25.7 Å². The summed E-state index contributed by atoms with van der Waals surface area (Å²) in [7, 11) is 2.11. The summed E-state index contributed by atoms with van der Waals surface area (Å²) in [5.41, 5.74) is 7.87. The Morgan fingerprint density at radius 3 is 2.81 bits per heavy atom. The van der Waals surface area contributed by atoms with Crippen LogP contribution in [0, 0.1) is 11.7 Å². The molecular formula is C18H29FN2. The topological polar surface area (TPSA) is 29.3 Å². The highest BCUT2D eigenvalue weighted by Gasteiger charge is 2.25. The predicted molar refractivity (Wildman–Crippen MR) is 88.2 cm³/mol. The molecule has 2 N–H and O–H groups in total. The van der Waals surface area contributed by atoms with Gasteiger partial charge in [0.05, 0.1) is 0 Å². The van der Waals surface area contributed by atoms with Crippen LogP contribution in [-0.4, -0.2) is 19.1 Å². The molecule has 0 spiro atoms.